The van der Waals surface area contributed by atoms with E-state index in [1.807, 2.05) is 24.3 Å². The van der Waals surface area contributed by atoms with Crippen LogP contribution in [-0.4, -0.2) is 23.0 Å². The van der Waals surface area contributed by atoms with Crippen molar-refractivity contribution in [1.82, 2.24) is 9.97 Å². The summed E-state index contributed by atoms with van der Waals surface area (Å²) < 4.78 is 6.68. The lowest BCUT2D eigenvalue weighted by molar-refractivity contribution is 0.0601. The zero-order valence-corrected chi connectivity index (χ0v) is 12.7. The number of pyridine rings is 1. The minimum Gasteiger partial charge on any atom is -0.465 e. The van der Waals surface area contributed by atoms with Gasteiger partial charge in [0.1, 0.15) is 5.03 Å². The second kappa shape index (κ2) is 5.71. The molecule has 0 aliphatic rings. The number of hydrogen-bond acceptors (Lipinski definition) is 7. The van der Waals surface area contributed by atoms with E-state index in [0.29, 0.717) is 16.3 Å². The van der Waals surface area contributed by atoms with Crippen LogP contribution in [0, 0.1) is 0 Å². The van der Waals surface area contributed by atoms with Gasteiger partial charge in [0.25, 0.3) is 0 Å². The summed E-state index contributed by atoms with van der Waals surface area (Å²) in [6, 6.07) is 9.54. The van der Waals surface area contributed by atoms with Gasteiger partial charge >= 0.3 is 5.97 Å². The van der Waals surface area contributed by atoms with Crippen LogP contribution >= 0.6 is 23.1 Å². The Morgan fingerprint density at radius 1 is 1.38 bits per heavy atom. The molecule has 0 aliphatic carbocycles. The van der Waals surface area contributed by atoms with Crippen LogP contribution < -0.4 is 5.73 Å². The molecule has 3 rings (SSSR count). The molecule has 106 valence electrons. The molecule has 2 N–H and O–H groups in total. The fourth-order valence-electron chi connectivity index (χ4n) is 1.77. The zero-order chi connectivity index (χ0) is 14.8. The van der Waals surface area contributed by atoms with Crippen molar-refractivity contribution in [3.63, 3.8) is 0 Å². The summed E-state index contributed by atoms with van der Waals surface area (Å²) >= 11 is 2.98. The molecule has 0 saturated heterocycles. The second-order valence-electron chi connectivity index (χ2n) is 4.15. The zero-order valence-electron chi connectivity index (χ0n) is 11.1. The van der Waals surface area contributed by atoms with Crippen molar-refractivity contribution in [3.05, 3.63) is 42.1 Å². The number of ether oxygens (including phenoxy) is 1. The first kappa shape index (κ1) is 13.8. The van der Waals surface area contributed by atoms with E-state index >= 15 is 0 Å². The van der Waals surface area contributed by atoms with E-state index in [1.165, 1.54) is 25.1 Å². The Hall–Kier alpha value is -2.12. The molecular weight excluding hydrogens is 306 g/mol. The first-order valence-corrected chi connectivity index (χ1v) is 7.68. The van der Waals surface area contributed by atoms with Crippen molar-refractivity contribution in [2.45, 2.75) is 9.37 Å². The van der Waals surface area contributed by atoms with E-state index in [4.69, 9.17) is 10.5 Å². The number of nitrogens with two attached hydrogens (primary N) is 1. The molecular formula is C14H11N3O2S2. The number of esters is 1. The average Bonchev–Trinajstić information content (AvgIpc) is 2.90. The van der Waals surface area contributed by atoms with Gasteiger partial charge in [0.05, 0.1) is 34.8 Å². The molecule has 0 radical (unpaired) electrons. The molecule has 7 heteroatoms. The summed E-state index contributed by atoms with van der Waals surface area (Å²) in [6.45, 7) is 0. The number of hydrogen-bond donors (Lipinski definition) is 1. The molecule has 2 aromatic heterocycles. The first-order chi connectivity index (χ1) is 10.2. The number of fused-ring (bicyclic) bond motifs is 1. The number of methoxy groups -OCH3 is 1. The predicted octanol–water partition coefficient (Wildman–Crippen LogP) is 3.21. The van der Waals surface area contributed by atoms with Crippen LogP contribution in [0.3, 0.4) is 0 Å². The lowest BCUT2D eigenvalue weighted by Crippen LogP contribution is -2.06. The van der Waals surface area contributed by atoms with Crippen molar-refractivity contribution < 1.29 is 9.53 Å². The first-order valence-electron chi connectivity index (χ1n) is 6.04. The van der Waals surface area contributed by atoms with Gasteiger partial charge in [0.2, 0.25) is 0 Å². The third-order valence-electron chi connectivity index (χ3n) is 2.78. The summed E-state index contributed by atoms with van der Waals surface area (Å²) in [4.78, 5) is 20.4. The Morgan fingerprint density at radius 3 is 2.95 bits per heavy atom. The minimum atomic E-state index is -0.471. The molecule has 0 bridgehead atoms. The molecule has 0 spiro atoms. The molecule has 0 fully saturated rings. The van der Waals surface area contributed by atoms with Gasteiger partial charge in [-0.15, -0.1) is 11.3 Å². The van der Waals surface area contributed by atoms with Crippen LogP contribution in [0.5, 0.6) is 0 Å². The fraction of sp³-hybridized carbons (Fsp3) is 0.0714. The number of carbonyl (C=O) groups is 1. The summed E-state index contributed by atoms with van der Waals surface area (Å²) in [6.07, 6.45) is 1.46. The Bertz CT molecular complexity index is 784. The highest BCUT2D eigenvalue weighted by Gasteiger charge is 2.13. The van der Waals surface area contributed by atoms with E-state index in [0.717, 1.165) is 14.6 Å². The van der Waals surface area contributed by atoms with Gasteiger partial charge in [-0.1, -0.05) is 12.1 Å². The Balaban J connectivity index is 1.92. The molecule has 0 saturated carbocycles. The van der Waals surface area contributed by atoms with Gasteiger partial charge in [0.15, 0.2) is 4.34 Å². The second-order valence-corrected chi connectivity index (χ2v) is 6.45. The lowest BCUT2D eigenvalue weighted by Gasteiger charge is -2.04. The van der Waals surface area contributed by atoms with Crippen LogP contribution in [0.15, 0.2) is 45.9 Å². The molecule has 0 amide bonds. The molecule has 3 aromatic rings. The van der Waals surface area contributed by atoms with E-state index in [2.05, 4.69) is 9.97 Å². The highest BCUT2D eigenvalue weighted by molar-refractivity contribution is 8.01. The summed E-state index contributed by atoms with van der Waals surface area (Å²) in [5.74, 6) is -0.471. The SMILES string of the molecule is COC(=O)c1cc(Sc2nc3ccccc3s2)ncc1N. The van der Waals surface area contributed by atoms with Gasteiger partial charge in [0, 0.05) is 0 Å². The number of nitrogen functional groups attached to an aromatic ring is 1. The summed E-state index contributed by atoms with van der Waals surface area (Å²) in [5.41, 5.74) is 7.30. The number of carbonyl (C=O) groups excluding carboxylic acids is 1. The van der Waals surface area contributed by atoms with E-state index in [-0.39, 0.29) is 0 Å². The van der Waals surface area contributed by atoms with Crippen LogP contribution in [0.4, 0.5) is 5.69 Å². The number of benzene rings is 1. The Labute approximate surface area is 129 Å². The number of rotatable bonds is 3. The molecule has 1 aromatic carbocycles. The molecule has 21 heavy (non-hydrogen) atoms. The van der Waals surface area contributed by atoms with Crippen molar-refractivity contribution >= 4 is 45.0 Å². The summed E-state index contributed by atoms with van der Waals surface area (Å²) in [7, 11) is 1.32. The van der Waals surface area contributed by atoms with Gasteiger partial charge in [-0.25, -0.2) is 14.8 Å². The summed E-state index contributed by atoms with van der Waals surface area (Å²) in [5, 5.41) is 0.656. The van der Waals surface area contributed by atoms with Crippen LogP contribution in [-0.2, 0) is 4.74 Å². The average molecular weight is 317 g/mol. The fourth-order valence-corrected chi connectivity index (χ4v) is 3.77. The number of thiazole rings is 1. The van der Waals surface area contributed by atoms with Gasteiger partial charge in [-0.05, 0) is 30.0 Å². The van der Waals surface area contributed by atoms with Crippen LogP contribution in [0.25, 0.3) is 10.2 Å². The maximum Gasteiger partial charge on any atom is 0.340 e. The van der Waals surface area contributed by atoms with Crippen LogP contribution in [0.2, 0.25) is 0 Å². The van der Waals surface area contributed by atoms with Crippen molar-refractivity contribution in [2.24, 2.45) is 0 Å². The number of nitrogens with zero attached hydrogens (tertiary/aromatic N) is 2. The molecule has 0 aliphatic heterocycles. The topological polar surface area (TPSA) is 78.1 Å². The van der Waals surface area contributed by atoms with E-state index in [9.17, 15) is 4.79 Å². The highest BCUT2D eigenvalue weighted by atomic mass is 32.2. The quantitative estimate of drug-likeness (QED) is 0.747. The largest absolute Gasteiger partial charge is 0.465 e. The number of anilines is 1. The molecule has 5 nitrogen and oxygen atoms in total. The maximum absolute atomic E-state index is 11.6. The lowest BCUT2D eigenvalue weighted by atomic mass is 10.2. The Morgan fingerprint density at radius 2 is 2.19 bits per heavy atom. The normalized spacial score (nSPS) is 10.7. The van der Waals surface area contributed by atoms with Crippen LogP contribution in [0.1, 0.15) is 10.4 Å². The number of para-hydroxylation sites is 1. The molecule has 2 heterocycles. The maximum atomic E-state index is 11.6. The minimum absolute atomic E-state index is 0.301. The van der Waals surface area contributed by atoms with Gasteiger partial charge < -0.3 is 10.5 Å². The van der Waals surface area contributed by atoms with Crippen molar-refractivity contribution in [2.75, 3.05) is 12.8 Å². The standard InChI is InChI=1S/C14H11N3O2S2/c1-19-13(18)8-6-12(16-7-9(8)15)21-14-17-10-4-2-3-5-11(10)20-14/h2-7H,15H2,1H3. The van der Waals surface area contributed by atoms with Gasteiger partial charge in [-0.3, -0.25) is 0 Å². The molecule has 0 unspecified atom stereocenters. The smallest absolute Gasteiger partial charge is 0.340 e. The van der Waals surface area contributed by atoms with Crippen molar-refractivity contribution in [1.29, 1.82) is 0 Å². The predicted molar refractivity (Wildman–Crippen MR) is 83.7 cm³/mol. The third kappa shape index (κ3) is 2.84. The third-order valence-corrected chi connectivity index (χ3v) is 4.81. The Kier molecular flexibility index (Phi) is 3.76. The number of aromatic nitrogens is 2. The highest BCUT2D eigenvalue weighted by Crippen LogP contribution is 2.34. The molecule has 0 atom stereocenters. The van der Waals surface area contributed by atoms with Crippen molar-refractivity contribution in [3.8, 4) is 0 Å². The van der Waals surface area contributed by atoms with E-state index in [1.54, 1.807) is 17.4 Å². The van der Waals surface area contributed by atoms with E-state index < -0.39 is 5.97 Å². The van der Waals surface area contributed by atoms with Gasteiger partial charge in [-0.2, -0.15) is 0 Å². The monoisotopic (exact) mass is 317 g/mol.